The molecule has 0 bridgehead atoms. The second-order valence-corrected chi connectivity index (χ2v) is 4.34. The third kappa shape index (κ3) is 3.80. The predicted molar refractivity (Wildman–Crippen MR) is 64.9 cm³/mol. The first-order chi connectivity index (χ1) is 8.40. The fourth-order valence-corrected chi connectivity index (χ4v) is 2.03. The molecule has 0 atom stereocenters. The van der Waals surface area contributed by atoms with Crippen molar-refractivity contribution in [2.45, 2.75) is 25.4 Å². The van der Waals surface area contributed by atoms with E-state index in [0.717, 1.165) is 45.8 Å². The number of methoxy groups -OCH3 is 1. The molecular formula is C12H21N3O2. The van der Waals surface area contributed by atoms with Crippen LogP contribution in [0.25, 0.3) is 0 Å². The van der Waals surface area contributed by atoms with Crippen LogP contribution in [-0.2, 0) is 16.0 Å². The Kier molecular flexibility index (Phi) is 4.97. The van der Waals surface area contributed by atoms with E-state index < -0.39 is 0 Å². The maximum Gasteiger partial charge on any atom is 0.0587 e. The quantitative estimate of drug-likeness (QED) is 0.752. The van der Waals surface area contributed by atoms with E-state index in [1.807, 2.05) is 6.20 Å². The van der Waals surface area contributed by atoms with E-state index in [1.54, 1.807) is 7.11 Å². The molecule has 1 aliphatic heterocycles. The van der Waals surface area contributed by atoms with Gasteiger partial charge in [-0.15, -0.1) is 0 Å². The van der Waals surface area contributed by atoms with Gasteiger partial charge in [0.05, 0.1) is 18.8 Å². The molecule has 1 saturated heterocycles. The number of nitrogens with zero attached hydrogens (tertiary/aromatic N) is 2. The van der Waals surface area contributed by atoms with Crippen molar-refractivity contribution < 1.29 is 9.47 Å². The number of hydrogen-bond acceptors (Lipinski definition) is 4. The molecule has 0 aliphatic carbocycles. The van der Waals surface area contributed by atoms with Gasteiger partial charge in [-0.2, -0.15) is 5.10 Å². The molecule has 17 heavy (non-hydrogen) atoms. The summed E-state index contributed by atoms with van der Waals surface area (Å²) in [5.41, 5.74) is 1.23. The summed E-state index contributed by atoms with van der Waals surface area (Å²) in [6, 6.07) is 0.511. The summed E-state index contributed by atoms with van der Waals surface area (Å²) < 4.78 is 12.4. The molecule has 1 N–H and O–H groups in total. The van der Waals surface area contributed by atoms with Crippen LogP contribution < -0.4 is 5.32 Å². The molecule has 1 aliphatic rings. The van der Waals surface area contributed by atoms with Crippen molar-refractivity contribution in [1.29, 1.82) is 0 Å². The fraction of sp³-hybridized carbons (Fsp3) is 0.750. The molecular weight excluding hydrogens is 218 g/mol. The molecule has 96 valence electrons. The lowest BCUT2D eigenvalue weighted by molar-refractivity contribution is 0.0662. The molecule has 2 heterocycles. The first kappa shape index (κ1) is 12.5. The van der Waals surface area contributed by atoms with Gasteiger partial charge < -0.3 is 14.8 Å². The van der Waals surface area contributed by atoms with E-state index in [2.05, 4.69) is 21.3 Å². The summed E-state index contributed by atoms with van der Waals surface area (Å²) in [6.07, 6.45) is 6.21. The van der Waals surface area contributed by atoms with Crippen molar-refractivity contribution in [2.24, 2.45) is 0 Å². The molecule has 0 radical (unpaired) electrons. The Morgan fingerprint density at radius 3 is 3.12 bits per heavy atom. The molecule has 2 rings (SSSR count). The summed E-state index contributed by atoms with van der Waals surface area (Å²) in [5.74, 6) is 0. The highest BCUT2D eigenvalue weighted by Gasteiger charge is 2.16. The smallest absolute Gasteiger partial charge is 0.0587 e. The van der Waals surface area contributed by atoms with Crippen molar-refractivity contribution in [1.82, 2.24) is 15.1 Å². The number of rotatable bonds is 6. The lowest BCUT2D eigenvalue weighted by Gasteiger charge is -2.22. The third-order valence-electron chi connectivity index (χ3n) is 3.03. The average molecular weight is 239 g/mol. The predicted octanol–water partition coefficient (Wildman–Crippen LogP) is 0.971. The Balaban J connectivity index is 1.78. The lowest BCUT2D eigenvalue weighted by atomic mass is 10.1. The lowest BCUT2D eigenvalue weighted by Crippen LogP contribution is -2.20. The Bertz CT molecular complexity index is 321. The zero-order valence-corrected chi connectivity index (χ0v) is 10.4. The first-order valence-electron chi connectivity index (χ1n) is 6.20. The Hall–Kier alpha value is -0.910. The molecule has 0 saturated carbocycles. The van der Waals surface area contributed by atoms with Crippen molar-refractivity contribution in [3.05, 3.63) is 18.0 Å². The molecule has 5 nitrogen and oxygen atoms in total. The van der Waals surface area contributed by atoms with Crippen LogP contribution in [0.2, 0.25) is 0 Å². The van der Waals surface area contributed by atoms with Gasteiger partial charge in [-0.1, -0.05) is 0 Å². The fourth-order valence-electron chi connectivity index (χ4n) is 2.03. The maximum atomic E-state index is 5.35. The van der Waals surface area contributed by atoms with Gasteiger partial charge in [0.1, 0.15) is 0 Å². The van der Waals surface area contributed by atoms with Crippen LogP contribution in [0.15, 0.2) is 12.4 Å². The van der Waals surface area contributed by atoms with Crippen LogP contribution in [0, 0.1) is 0 Å². The molecule has 0 unspecified atom stereocenters. The average Bonchev–Trinajstić information content (AvgIpc) is 2.85. The van der Waals surface area contributed by atoms with Crippen LogP contribution in [0.4, 0.5) is 0 Å². The molecule has 0 amide bonds. The molecule has 1 aromatic rings. The topological polar surface area (TPSA) is 48.3 Å². The minimum Gasteiger partial charge on any atom is -0.383 e. The number of hydrogen-bond donors (Lipinski definition) is 1. The first-order valence-corrected chi connectivity index (χ1v) is 6.20. The highest BCUT2D eigenvalue weighted by atomic mass is 16.5. The van der Waals surface area contributed by atoms with Gasteiger partial charge in [0.25, 0.3) is 0 Å². The Labute approximate surface area is 102 Å². The van der Waals surface area contributed by atoms with Crippen molar-refractivity contribution >= 4 is 0 Å². The summed E-state index contributed by atoms with van der Waals surface area (Å²) in [5, 5.41) is 7.74. The zero-order valence-electron chi connectivity index (χ0n) is 10.4. The second-order valence-electron chi connectivity index (χ2n) is 4.34. The van der Waals surface area contributed by atoms with Gasteiger partial charge in [0, 0.05) is 45.2 Å². The molecule has 5 heteroatoms. The van der Waals surface area contributed by atoms with E-state index in [-0.39, 0.29) is 0 Å². The van der Waals surface area contributed by atoms with Crippen molar-refractivity contribution in [2.75, 3.05) is 33.5 Å². The number of ether oxygens (including phenoxy) is 2. The van der Waals surface area contributed by atoms with Gasteiger partial charge in [-0.05, 0) is 12.8 Å². The van der Waals surface area contributed by atoms with E-state index in [1.165, 1.54) is 5.56 Å². The summed E-state index contributed by atoms with van der Waals surface area (Å²) in [7, 11) is 1.71. The van der Waals surface area contributed by atoms with Gasteiger partial charge in [-0.3, -0.25) is 4.68 Å². The van der Waals surface area contributed by atoms with Gasteiger partial charge in [0.2, 0.25) is 0 Å². The van der Waals surface area contributed by atoms with Crippen LogP contribution in [0.3, 0.4) is 0 Å². The van der Waals surface area contributed by atoms with Gasteiger partial charge in [-0.25, -0.2) is 0 Å². The molecule has 1 aromatic heterocycles. The second kappa shape index (κ2) is 6.74. The maximum absolute atomic E-state index is 5.35. The van der Waals surface area contributed by atoms with E-state index in [0.29, 0.717) is 6.04 Å². The standard InChI is InChI=1S/C12H21N3O2/c1-16-7-4-13-8-11-9-14-15(10-11)12-2-5-17-6-3-12/h9-10,12-13H,2-8H2,1H3. The summed E-state index contributed by atoms with van der Waals surface area (Å²) in [6.45, 7) is 4.18. The van der Waals surface area contributed by atoms with E-state index in [9.17, 15) is 0 Å². The van der Waals surface area contributed by atoms with Crippen molar-refractivity contribution in [3.8, 4) is 0 Å². The zero-order chi connectivity index (χ0) is 11.9. The summed E-state index contributed by atoms with van der Waals surface area (Å²) >= 11 is 0. The van der Waals surface area contributed by atoms with Crippen LogP contribution in [0.1, 0.15) is 24.4 Å². The monoisotopic (exact) mass is 239 g/mol. The summed E-state index contributed by atoms with van der Waals surface area (Å²) in [4.78, 5) is 0. The van der Waals surface area contributed by atoms with Gasteiger partial charge in [0.15, 0.2) is 0 Å². The third-order valence-corrected chi connectivity index (χ3v) is 3.03. The normalized spacial score (nSPS) is 17.5. The Morgan fingerprint density at radius 2 is 2.35 bits per heavy atom. The van der Waals surface area contributed by atoms with E-state index >= 15 is 0 Å². The van der Waals surface area contributed by atoms with Crippen LogP contribution in [0.5, 0.6) is 0 Å². The van der Waals surface area contributed by atoms with Crippen LogP contribution in [-0.4, -0.2) is 43.3 Å². The molecule has 0 aromatic carbocycles. The highest BCUT2D eigenvalue weighted by molar-refractivity contribution is 5.04. The Morgan fingerprint density at radius 1 is 1.53 bits per heavy atom. The van der Waals surface area contributed by atoms with Crippen LogP contribution >= 0.6 is 0 Å². The highest BCUT2D eigenvalue weighted by Crippen LogP contribution is 2.19. The molecule has 0 spiro atoms. The van der Waals surface area contributed by atoms with Gasteiger partial charge >= 0.3 is 0 Å². The minimum absolute atomic E-state index is 0.511. The SMILES string of the molecule is COCCNCc1cnn(C2CCOCC2)c1. The largest absolute Gasteiger partial charge is 0.383 e. The number of nitrogens with one attached hydrogen (secondary N) is 1. The van der Waals surface area contributed by atoms with E-state index in [4.69, 9.17) is 9.47 Å². The molecule has 1 fully saturated rings. The van der Waals surface area contributed by atoms with Crippen molar-refractivity contribution in [3.63, 3.8) is 0 Å². The number of aromatic nitrogens is 2. The minimum atomic E-state index is 0.511.